The van der Waals surface area contributed by atoms with Gasteiger partial charge in [0.25, 0.3) is 0 Å². The van der Waals surface area contributed by atoms with Gasteiger partial charge in [0.1, 0.15) is 0 Å². The fourth-order valence-corrected chi connectivity index (χ4v) is 17.1. The number of nitrogens with one attached hydrogen (secondary N) is 7. The minimum absolute atomic E-state index is 0.0948. The van der Waals surface area contributed by atoms with Gasteiger partial charge in [0.05, 0.1) is 41.5 Å². The van der Waals surface area contributed by atoms with Gasteiger partial charge in [0.15, 0.2) is 16.7 Å². The molecular weight excluding hydrogens is 1650 g/mol. The van der Waals surface area contributed by atoms with E-state index in [1.165, 1.54) is 107 Å². The number of nitrogens with two attached hydrogens (primary N) is 1. The predicted molar refractivity (Wildman–Crippen MR) is 508 cm³/mol. The maximum absolute atomic E-state index is 12.5. The number of benzene rings is 12. The summed E-state index contributed by atoms with van der Waals surface area (Å²) < 4.78 is 1.15. The van der Waals surface area contributed by atoms with Crippen molar-refractivity contribution in [2.45, 2.75) is 81.8 Å². The van der Waals surface area contributed by atoms with Crippen molar-refractivity contribution in [1.29, 1.82) is 37.9 Å². The van der Waals surface area contributed by atoms with E-state index in [-0.39, 0.29) is 16.7 Å². The third-order valence-corrected chi connectivity index (χ3v) is 24.9. The van der Waals surface area contributed by atoms with Crippen molar-refractivity contribution in [1.82, 2.24) is 9.97 Å². The minimum Gasteiger partial charge on any atom is -0.379 e. The van der Waals surface area contributed by atoms with E-state index in [1.54, 1.807) is 105 Å². The first-order valence-corrected chi connectivity index (χ1v) is 44.3. The van der Waals surface area contributed by atoms with Crippen LogP contribution in [0.25, 0.3) is 64.8 Å². The summed E-state index contributed by atoms with van der Waals surface area (Å²) in [5, 5.41) is 70.4. The molecular formula is C92H85BrCl2N10O2S7. The Bertz CT molecular complexity index is 5690. The van der Waals surface area contributed by atoms with Crippen molar-refractivity contribution < 1.29 is 9.59 Å². The molecule has 578 valence electrons. The Balaban J connectivity index is 0.000000153. The second kappa shape index (κ2) is 45.2. The van der Waals surface area contributed by atoms with Crippen LogP contribution in [0.15, 0.2) is 272 Å². The van der Waals surface area contributed by atoms with Gasteiger partial charge in [-0.25, -0.2) is 0 Å². The molecule has 14 aromatic rings. The van der Waals surface area contributed by atoms with Crippen molar-refractivity contribution in [3.05, 3.63) is 343 Å². The normalized spacial score (nSPS) is 11.0. The van der Waals surface area contributed by atoms with Crippen molar-refractivity contribution in [2.24, 2.45) is 5.73 Å². The summed E-state index contributed by atoms with van der Waals surface area (Å²) in [5.74, 6) is 5.32. The highest BCUT2D eigenvalue weighted by molar-refractivity contribution is 9.10. The highest BCUT2D eigenvalue weighted by atomic mass is 79.9. The van der Waals surface area contributed by atoms with Gasteiger partial charge in [-0.05, 0) is 189 Å². The Labute approximate surface area is 714 Å². The number of nitrogens with zero attached hydrogens (tertiary/aromatic N) is 2. The van der Waals surface area contributed by atoms with Crippen LogP contribution in [0, 0.1) is 37.9 Å². The molecule has 0 spiro atoms. The number of fused-ring (bicyclic) bond motifs is 8. The molecule has 0 fully saturated rings. The zero-order valence-corrected chi connectivity index (χ0v) is 72.4. The van der Waals surface area contributed by atoms with E-state index in [9.17, 15) is 9.59 Å². The Kier molecular flexibility index (Phi) is 35.2. The topological polar surface area (TPSA) is 253 Å². The maximum atomic E-state index is 12.5. The first kappa shape index (κ1) is 88.8. The molecule has 0 radical (unpaired) electrons. The van der Waals surface area contributed by atoms with Crippen LogP contribution in [0.4, 0.5) is 0 Å². The van der Waals surface area contributed by atoms with Crippen LogP contribution in [-0.4, -0.2) is 57.0 Å². The van der Waals surface area contributed by atoms with Crippen LogP contribution in [0.2, 0.25) is 10.0 Å². The van der Waals surface area contributed by atoms with Crippen LogP contribution >= 0.6 is 121 Å². The van der Waals surface area contributed by atoms with Gasteiger partial charge in [-0.1, -0.05) is 235 Å². The molecule has 0 amide bonds. The van der Waals surface area contributed by atoms with Crippen molar-refractivity contribution in [3.8, 4) is 0 Å². The third-order valence-electron chi connectivity index (χ3n) is 17.2. The smallest absolute Gasteiger partial charge is 0.194 e. The SMILES string of the molecule is CC(=N)SCc1c2ccccc2cc2ccccc12.CC(=N)SCc1ccc(Cl)c2ccccc12.CC(=N)SCc1ccc2c(c1)C(=O)c1ccccc1C2=O.CC(=N)SCc1ccc2ccccc2c1Br.CC(=N)SCc1ccc2ccccc2n1.CC(=N)SCc1ccncc1.N=C(N)SCc1ccc(Cl)c2ccccc12. The number of thioether (sulfide) groups is 7. The highest BCUT2D eigenvalue weighted by Crippen LogP contribution is 2.36. The molecule has 22 heteroatoms. The summed E-state index contributed by atoms with van der Waals surface area (Å²) in [4.78, 5) is 33.4. The van der Waals surface area contributed by atoms with E-state index < -0.39 is 0 Å². The molecule has 2 aromatic heterocycles. The summed E-state index contributed by atoms with van der Waals surface area (Å²) >= 11 is 26.4. The first-order valence-electron chi connectivity index (χ1n) is 35.9. The molecule has 15 rings (SSSR count). The van der Waals surface area contributed by atoms with Crippen LogP contribution in [0.3, 0.4) is 0 Å². The zero-order chi connectivity index (χ0) is 81.6. The molecule has 0 bridgehead atoms. The third kappa shape index (κ3) is 26.7. The fraction of sp³-hybridized carbons (Fsp3) is 0.141. The van der Waals surface area contributed by atoms with Gasteiger partial charge in [-0.15, -0.1) is 70.6 Å². The number of aromatic nitrogens is 2. The maximum Gasteiger partial charge on any atom is 0.194 e. The van der Waals surface area contributed by atoms with Gasteiger partial charge < -0.3 is 5.73 Å². The highest BCUT2D eigenvalue weighted by Gasteiger charge is 2.29. The number of carbonyl (C=O) groups excluding carboxylic acids is 2. The average Bonchev–Trinajstić information content (AvgIpc) is 0.765. The number of ketones is 2. The number of hydrogen-bond donors (Lipinski definition) is 8. The van der Waals surface area contributed by atoms with Gasteiger partial charge in [-0.2, -0.15) is 0 Å². The number of rotatable bonds is 14. The molecule has 12 nitrogen and oxygen atoms in total. The number of pyridine rings is 2. The largest absolute Gasteiger partial charge is 0.379 e. The Morgan fingerprint density at radius 3 is 1.25 bits per heavy atom. The molecule has 0 aliphatic heterocycles. The number of amidine groups is 1. The standard InChI is InChI=1S/C17H13NO2S.C17H15NS.C13H12BrNS.C13H12ClNS.C12H11ClN2S.C12H12N2S.C8H10N2S/c1-10(18)21-9-11-6-7-14-15(8-11)17(20)13-5-3-2-4-12(13)16(14)19;1-12(18)19-11-17-15-8-4-2-6-13(15)10-14-7-3-5-9-16(14)17;1-9(15)16-8-11-7-6-10-4-2-3-5-12(10)13(11)14;1-9(15)16-8-10-6-7-13(14)12-5-3-2-4-11(10)12;13-11-6-5-8(7-16-12(14)15)9-3-1-2-4-10(9)11;1-9(13)15-8-11-7-6-10-4-2-3-5-12(10)14-11;1-7(9)11-6-8-2-4-10-5-3-8/h2-8,18H,9H2,1H3;2-10,18H,11H2,1H3;2*2-7,15H,8H2,1H3;1-6H,7H2,(H3,14,15);2-7,13H,8H2,1H3;2-5,9H,6H2,1H3. The van der Waals surface area contributed by atoms with Crippen LogP contribution in [-0.2, 0) is 40.3 Å². The van der Waals surface area contributed by atoms with E-state index >= 15 is 0 Å². The molecule has 1 aliphatic rings. The van der Waals surface area contributed by atoms with Crippen LogP contribution < -0.4 is 5.73 Å². The van der Waals surface area contributed by atoms with Gasteiger partial charge in [-0.3, -0.25) is 57.4 Å². The molecule has 0 saturated heterocycles. The van der Waals surface area contributed by atoms with Crippen LogP contribution in [0.5, 0.6) is 0 Å². The molecule has 12 aromatic carbocycles. The number of para-hydroxylation sites is 1. The summed E-state index contributed by atoms with van der Waals surface area (Å²) in [5.41, 5.74) is 16.4. The fourth-order valence-electron chi connectivity index (χ4n) is 11.7. The quantitative estimate of drug-likeness (QED) is 0.0288. The lowest BCUT2D eigenvalue weighted by molar-refractivity contribution is 0.0979. The summed E-state index contributed by atoms with van der Waals surface area (Å²) in [6.07, 6.45) is 3.55. The Morgan fingerprint density at radius 2 is 0.728 bits per heavy atom. The Hall–Kier alpha value is -9.16. The van der Waals surface area contributed by atoms with Crippen molar-refractivity contribution >= 4 is 233 Å². The van der Waals surface area contributed by atoms with Crippen LogP contribution in [0.1, 0.15) is 112 Å². The molecule has 1 aliphatic carbocycles. The second-order valence-corrected chi connectivity index (χ2v) is 35.5. The molecule has 9 N–H and O–H groups in total. The van der Waals surface area contributed by atoms with E-state index in [1.807, 2.05) is 142 Å². The van der Waals surface area contributed by atoms with E-state index in [4.69, 9.17) is 66.8 Å². The molecule has 2 heterocycles. The molecule has 0 unspecified atom stereocenters. The van der Waals surface area contributed by atoms with E-state index in [0.717, 1.165) is 87.2 Å². The average molecular weight is 1740 g/mol. The van der Waals surface area contributed by atoms with E-state index in [0.29, 0.717) is 64.0 Å². The van der Waals surface area contributed by atoms with Gasteiger partial charge in [0.2, 0.25) is 0 Å². The lowest BCUT2D eigenvalue weighted by Gasteiger charge is -2.17. The molecule has 0 atom stereocenters. The van der Waals surface area contributed by atoms with Crippen molar-refractivity contribution in [3.63, 3.8) is 0 Å². The molecule has 0 saturated carbocycles. The summed E-state index contributed by atoms with van der Waals surface area (Å²) in [6, 6.07) is 84.2. The number of halogens is 3. The zero-order valence-electron chi connectivity index (χ0n) is 63.6. The first-order chi connectivity index (χ1) is 54.9. The molecule has 114 heavy (non-hydrogen) atoms. The monoisotopic (exact) mass is 1730 g/mol. The summed E-state index contributed by atoms with van der Waals surface area (Å²) in [7, 11) is 0. The Morgan fingerprint density at radius 1 is 0.342 bits per heavy atom. The minimum atomic E-state index is -0.0985. The van der Waals surface area contributed by atoms with Crippen molar-refractivity contribution in [2.75, 3.05) is 0 Å². The van der Waals surface area contributed by atoms with E-state index in [2.05, 4.69) is 123 Å². The number of carbonyl (C=O) groups is 2. The number of hydrogen-bond acceptors (Lipinski definition) is 18. The lowest BCUT2D eigenvalue weighted by Crippen LogP contribution is -2.20. The van der Waals surface area contributed by atoms with Gasteiger partial charge in [0, 0.05) is 106 Å². The van der Waals surface area contributed by atoms with Gasteiger partial charge >= 0.3 is 0 Å². The second-order valence-electron chi connectivity index (χ2n) is 25.7. The lowest BCUT2D eigenvalue weighted by atomic mass is 9.83. The predicted octanol–water partition coefficient (Wildman–Crippen LogP) is 27.9. The summed E-state index contributed by atoms with van der Waals surface area (Å²) in [6.45, 7) is 10.8.